The van der Waals surface area contributed by atoms with Crippen LogP contribution in [0.5, 0.6) is 0 Å². The Hall–Kier alpha value is -1.61. The lowest BCUT2D eigenvalue weighted by atomic mass is 10.1. The number of halogens is 1. The van der Waals surface area contributed by atoms with Crippen LogP contribution in [-0.2, 0) is 7.05 Å². The number of hydrogen-bond donors (Lipinski definition) is 0. The molecule has 0 atom stereocenters. The van der Waals surface area contributed by atoms with Gasteiger partial charge >= 0.3 is 0 Å². The predicted molar refractivity (Wildman–Crippen MR) is 63.8 cm³/mol. The average Bonchev–Trinajstić information content (AvgIpc) is 2.57. The smallest absolute Gasteiger partial charge is 0.150 e. The van der Waals surface area contributed by atoms with E-state index in [0.717, 1.165) is 23.1 Å². The summed E-state index contributed by atoms with van der Waals surface area (Å²) in [6.45, 7) is 1.93. The molecule has 0 aliphatic carbocycles. The largest absolute Gasteiger partial charge is 0.298 e. The number of carbonyl (C=O) groups is 1. The summed E-state index contributed by atoms with van der Waals surface area (Å²) in [6, 6.07) is 5.26. The van der Waals surface area contributed by atoms with Gasteiger partial charge in [0.1, 0.15) is 6.29 Å². The van der Waals surface area contributed by atoms with Crippen LogP contribution in [0.15, 0.2) is 24.4 Å². The number of rotatable bonds is 2. The van der Waals surface area contributed by atoms with Gasteiger partial charge in [0.25, 0.3) is 0 Å². The topological polar surface area (TPSA) is 34.9 Å². The zero-order valence-corrected chi connectivity index (χ0v) is 9.82. The van der Waals surface area contributed by atoms with Crippen molar-refractivity contribution in [2.24, 2.45) is 7.05 Å². The minimum atomic E-state index is 0.570. The van der Waals surface area contributed by atoms with Crippen molar-refractivity contribution in [2.45, 2.75) is 6.92 Å². The molecule has 3 nitrogen and oxygen atoms in total. The van der Waals surface area contributed by atoms with Gasteiger partial charge in [-0.25, -0.2) is 0 Å². The zero-order chi connectivity index (χ0) is 11.7. The summed E-state index contributed by atoms with van der Waals surface area (Å²) in [5.74, 6) is 0. The van der Waals surface area contributed by atoms with Gasteiger partial charge in [0.15, 0.2) is 0 Å². The van der Waals surface area contributed by atoms with Crippen molar-refractivity contribution in [1.82, 2.24) is 9.78 Å². The lowest BCUT2D eigenvalue weighted by molar-refractivity contribution is 0.112. The average molecular weight is 235 g/mol. The van der Waals surface area contributed by atoms with E-state index in [9.17, 15) is 4.79 Å². The van der Waals surface area contributed by atoms with Crippen LogP contribution in [0.1, 0.15) is 16.1 Å². The predicted octanol–water partition coefficient (Wildman–Crippen LogP) is 2.86. The van der Waals surface area contributed by atoms with E-state index in [4.69, 9.17) is 11.6 Å². The molecule has 0 aliphatic heterocycles. The lowest BCUT2D eigenvalue weighted by Gasteiger charge is -2.02. The van der Waals surface area contributed by atoms with Gasteiger partial charge in [-0.2, -0.15) is 5.10 Å². The van der Waals surface area contributed by atoms with E-state index in [1.165, 1.54) is 0 Å². The first-order valence-electron chi connectivity index (χ1n) is 4.87. The maximum Gasteiger partial charge on any atom is 0.150 e. The standard InChI is InChI=1S/C12H11ClN2O/c1-8-11(6-15(2)14-8)10-4-3-9(7-16)5-12(10)13/h3-7H,1-2H3. The number of carbonyl (C=O) groups excluding carboxylic acids is 1. The summed E-state index contributed by atoms with van der Waals surface area (Å²) >= 11 is 6.13. The highest BCUT2D eigenvalue weighted by atomic mass is 35.5. The first-order valence-corrected chi connectivity index (χ1v) is 5.25. The summed E-state index contributed by atoms with van der Waals surface area (Å²) in [5.41, 5.74) is 3.39. The van der Waals surface area contributed by atoms with Gasteiger partial charge in [-0.3, -0.25) is 9.48 Å². The van der Waals surface area contributed by atoms with Crippen LogP contribution in [0.4, 0.5) is 0 Å². The molecule has 2 aromatic rings. The Labute approximate surface area is 98.7 Å². The molecule has 0 aliphatic rings. The van der Waals surface area contributed by atoms with Gasteiger partial charge in [0.2, 0.25) is 0 Å². The zero-order valence-electron chi connectivity index (χ0n) is 9.07. The van der Waals surface area contributed by atoms with Crippen molar-refractivity contribution < 1.29 is 4.79 Å². The monoisotopic (exact) mass is 234 g/mol. The van der Waals surface area contributed by atoms with E-state index in [1.807, 2.05) is 26.2 Å². The third kappa shape index (κ3) is 1.86. The van der Waals surface area contributed by atoms with Crippen molar-refractivity contribution in [3.8, 4) is 11.1 Å². The van der Waals surface area contributed by atoms with Crippen LogP contribution in [0.2, 0.25) is 5.02 Å². The maximum atomic E-state index is 10.6. The number of hydrogen-bond acceptors (Lipinski definition) is 2. The Morgan fingerprint density at radius 3 is 2.62 bits per heavy atom. The molecule has 0 saturated heterocycles. The molecular weight excluding hydrogens is 224 g/mol. The Kier molecular flexibility index (Phi) is 2.79. The summed E-state index contributed by atoms with van der Waals surface area (Å²) in [6.07, 6.45) is 2.70. The van der Waals surface area contributed by atoms with Crippen molar-refractivity contribution in [3.63, 3.8) is 0 Å². The maximum absolute atomic E-state index is 10.6. The molecule has 4 heteroatoms. The van der Waals surface area contributed by atoms with Crippen molar-refractivity contribution in [3.05, 3.63) is 40.7 Å². The molecule has 0 spiro atoms. The SMILES string of the molecule is Cc1nn(C)cc1-c1ccc(C=O)cc1Cl. The molecule has 82 valence electrons. The minimum Gasteiger partial charge on any atom is -0.298 e. The summed E-state index contributed by atoms with van der Waals surface area (Å²) in [5, 5.41) is 4.83. The highest BCUT2D eigenvalue weighted by Crippen LogP contribution is 2.30. The Morgan fingerprint density at radius 1 is 1.38 bits per heavy atom. The summed E-state index contributed by atoms with van der Waals surface area (Å²) in [7, 11) is 1.87. The summed E-state index contributed by atoms with van der Waals surface area (Å²) in [4.78, 5) is 10.6. The molecule has 16 heavy (non-hydrogen) atoms. The molecule has 0 amide bonds. The molecule has 0 radical (unpaired) electrons. The fourth-order valence-electron chi connectivity index (χ4n) is 1.69. The second kappa shape index (κ2) is 4.10. The molecule has 1 aromatic carbocycles. The van der Waals surface area contributed by atoms with Gasteiger partial charge in [-0.15, -0.1) is 0 Å². The first-order chi connectivity index (χ1) is 7.61. The fourth-order valence-corrected chi connectivity index (χ4v) is 1.98. The molecule has 2 rings (SSSR count). The number of aromatic nitrogens is 2. The van der Waals surface area contributed by atoms with Crippen LogP contribution in [0.25, 0.3) is 11.1 Å². The van der Waals surface area contributed by atoms with Crippen LogP contribution >= 0.6 is 11.6 Å². The lowest BCUT2D eigenvalue weighted by Crippen LogP contribution is -1.86. The van der Waals surface area contributed by atoms with Crippen molar-refractivity contribution in [1.29, 1.82) is 0 Å². The van der Waals surface area contributed by atoms with Gasteiger partial charge in [0.05, 0.1) is 5.69 Å². The van der Waals surface area contributed by atoms with Crippen molar-refractivity contribution >= 4 is 17.9 Å². The van der Waals surface area contributed by atoms with E-state index >= 15 is 0 Å². The number of aryl methyl sites for hydroxylation is 2. The van der Waals surface area contributed by atoms with Crippen LogP contribution in [-0.4, -0.2) is 16.1 Å². The second-order valence-corrected chi connectivity index (χ2v) is 4.07. The molecular formula is C12H11ClN2O. The molecule has 0 saturated carbocycles. The Balaban J connectivity index is 2.56. The van der Waals surface area contributed by atoms with Crippen LogP contribution in [0, 0.1) is 6.92 Å². The van der Waals surface area contributed by atoms with E-state index in [2.05, 4.69) is 5.10 Å². The molecule has 0 bridgehead atoms. The highest BCUT2D eigenvalue weighted by molar-refractivity contribution is 6.33. The first kappa shape index (κ1) is 10.9. The molecule has 1 heterocycles. The van der Waals surface area contributed by atoms with Gasteiger partial charge in [0, 0.05) is 35.0 Å². The second-order valence-electron chi connectivity index (χ2n) is 3.66. The molecule has 0 unspecified atom stereocenters. The number of nitrogens with zero attached hydrogens (tertiary/aromatic N) is 2. The van der Waals surface area contributed by atoms with Crippen LogP contribution in [0.3, 0.4) is 0 Å². The molecule has 1 aromatic heterocycles. The van der Waals surface area contributed by atoms with E-state index in [-0.39, 0.29) is 0 Å². The molecule has 0 N–H and O–H groups in total. The Bertz CT molecular complexity index is 546. The number of benzene rings is 1. The normalized spacial score (nSPS) is 10.4. The van der Waals surface area contributed by atoms with Gasteiger partial charge in [-0.1, -0.05) is 23.7 Å². The van der Waals surface area contributed by atoms with E-state index in [0.29, 0.717) is 10.6 Å². The van der Waals surface area contributed by atoms with E-state index in [1.54, 1.807) is 16.8 Å². The van der Waals surface area contributed by atoms with Gasteiger partial charge < -0.3 is 0 Å². The van der Waals surface area contributed by atoms with Crippen LogP contribution < -0.4 is 0 Å². The van der Waals surface area contributed by atoms with Crippen molar-refractivity contribution in [2.75, 3.05) is 0 Å². The third-order valence-electron chi connectivity index (χ3n) is 2.43. The highest BCUT2D eigenvalue weighted by Gasteiger charge is 2.09. The van der Waals surface area contributed by atoms with E-state index < -0.39 is 0 Å². The van der Waals surface area contributed by atoms with Gasteiger partial charge in [-0.05, 0) is 13.0 Å². The number of aldehydes is 1. The minimum absolute atomic E-state index is 0.570. The Morgan fingerprint density at radius 2 is 2.12 bits per heavy atom. The molecule has 0 fully saturated rings. The fraction of sp³-hybridized carbons (Fsp3) is 0.167. The third-order valence-corrected chi connectivity index (χ3v) is 2.75. The quantitative estimate of drug-likeness (QED) is 0.749. The summed E-state index contributed by atoms with van der Waals surface area (Å²) < 4.78 is 1.74.